The van der Waals surface area contributed by atoms with E-state index in [1.165, 1.54) is 109 Å². The van der Waals surface area contributed by atoms with E-state index in [1.54, 1.807) is 6.08 Å². The summed E-state index contributed by atoms with van der Waals surface area (Å²) in [4.78, 5) is 37.6. The van der Waals surface area contributed by atoms with E-state index in [2.05, 4.69) is 57.2 Å². The fraction of sp³-hybridized carbons (Fsp3) is 0.771. The second-order valence-corrected chi connectivity index (χ2v) is 14.9. The Morgan fingerprint density at radius 2 is 0.796 bits per heavy atom. The molecule has 1 unspecified atom stereocenters. The molecule has 0 amide bonds. The number of allylic oxidation sites excluding steroid dienone is 7. The maximum Gasteiger partial charge on any atom is 0.309 e. The predicted octanol–water partition coefficient (Wildman–Crippen LogP) is 14.4. The second kappa shape index (κ2) is 43.1. The summed E-state index contributed by atoms with van der Waals surface area (Å²) in [7, 11) is 0. The van der Waals surface area contributed by atoms with Gasteiger partial charge in [-0.15, -0.1) is 0 Å². The zero-order valence-corrected chi connectivity index (χ0v) is 35.5. The van der Waals surface area contributed by atoms with Crippen molar-refractivity contribution in [2.24, 2.45) is 0 Å². The molecule has 0 fully saturated rings. The first-order chi connectivity index (χ1) is 26.5. The third kappa shape index (κ3) is 40.6. The highest BCUT2D eigenvalue weighted by Crippen LogP contribution is 2.15. The number of carbonyl (C=O) groups is 3. The smallest absolute Gasteiger partial charge is 0.309 e. The summed E-state index contributed by atoms with van der Waals surface area (Å²) < 4.78 is 16.6. The number of unbranched alkanes of at least 4 members (excludes halogenated alkanes) is 22. The van der Waals surface area contributed by atoms with Gasteiger partial charge in [-0.1, -0.05) is 191 Å². The van der Waals surface area contributed by atoms with E-state index in [4.69, 9.17) is 14.2 Å². The van der Waals surface area contributed by atoms with Crippen LogP contribution in [-0.2, 0) is 28.6 Å². The summed E-state index contributed by atoms with van der Waals surface area (Å²) in [5, 5.41) is 0. The van der Waals surface area contributed by atoms with Gasteiger partial charge in [-0.3, -0.25) is 14.4 Å². The van der Waals surface area contributed by atoms with Gasteiger partial charge < -0.3 is 14.2 Å². The van der Waals surface area contributed by atoms with E-state index in [9.17, 15) is 14.4 Å². The monoisotopic (exact) mass is 757 g/mol. The maximum absolute atomic E-state index is 12.7. The Hall–Kier alpha value is -2.63. The second-order valence-electron chi connectivity index (χ2n) is 14.9. The summed E-state index contributed by atoms with van der Waals surface area (Å²) in [6.07, 6.45) is 49.8. The van der Waals surface area contributed by atoms with Gasteiger partial charge in [-0.25, -0.2) is 0 Å². The van der Waals surface area contributed by atoms with Crippen LogP contribution < -0.4 is 0 Å². The van der Waals surface area contributed by atoms with Crippen LogP contribution in [0.3, 0.4) is 0 Å². The van der Waals surface area contributed by atoms with Crippen molar-refractivity contribution in [3.63, 3.8) is 0 Å². The summed E-state index contributed by atoms with van der Waals surface area (Å²) in [5.74, 6) is -1.04. The van der Waals surface area contributed by atoms with Crippen molar-refractivity contribution >= 4 is 17.9 Å². The normalized spacial score (nSPS) is 12.4. The van der Waals surface area contributed by atoms with Gasteiger partial charge in [0, 0.05) is 12.8 Å². The quantitative estimate of drug-likeness (QED) is 0.0268. The van der Waals surface area contributed by atoms with Gasteiger partial charge in [0.15, 0.2) is 6.10 Å². The van der Waals surface area contributed by atoms with E-state index in [-0.39, 0.29) is 31.6 Å². The number of rotatable bonds is 40. The van der Waals surface area contributed by atoms with Gasteiger partial charge in [-0.05, 0) is 57.8 Å². The molecule has 0 aromatic rings. The lowest BCUT2D eigenvalue weighted by atomic mass is 10.0. The number of hydrogen-bond donors (Lipinski definition) is 0. The third-order valence-electron chi connectivity index (χ3n) is 9.60. The molecular weight excluding hydrogens is 673 g/mol. The topological polar surface area (TPSA) is 78.9 Å². The van der Waals surface area contributed by atoms with Gasteiger partial charge in [0.25, 0.3) is 0 Å². The SMILES string of the molecule is CC/C=C\C/C=C\C/C=C\CC(=O)OCC(COC(=O)CCCCCCCCCCCCCCCCC)OC(=O)CCCCCCC/C=C\CCCCC. The Morgan fingerprint density at radius 1 is 0.407 bits per heavy atom. The Bertz CT molecular complexity index is 964. The Balaban J connectivity index is 4.39. The number of esters is 3. The molecule has 0 rings (SSSR count). The van der Waals surface area contributed by atoms with Crippen LogP contribution in [-0.4, -0.2) is 37.2 Å². The molecule has 0 N–H and O–H groups in total. The minimum absolute atomic E-state index is 0.102. The zero-order valence-electron chi connectivity index (χ0n) is 35.5. The largest absolute Gasteiger partial charge is 0.462 e. The van der Waals surface area contributed by atoms with Gasteiger partial charge in [0.2, 0.25) is 0 Å². The molecular formula is C48H84O6. The Kier molecular flexibility index (Phi) is 41.0. The first-order valence-electron chi connectivity index (χ1n) is 22.6. The van der Waals surface area contributed by atoms with E-state index < -0.39 is 12.1 Å². The lowest BCUT2D eigenvalue weighted by Crippen LogP contribution is -2.30. The van der Waals surface area contributed by atoms with Crippen molar-refractivity contribution in [2.45, 2.75) is 226 Å². The molecule has 1 atom stereocenters. The fourth-order valence-electron chi connectivity index (χ4n) is 6.20. The molecule has 0 aliphatic heterocycles. The zero-order chi connectivity index (χ0) is 39.4. The van der Waals surface area contributed by atoms with Crippen LogP contribution in [0.15, 0.2) is 48.6 Å². The fourth-order valence-corrected chi connectivity index (χ4v) is 6.20. The highest BCUT2D eigenvalue weighted by Gasteiger charge is 2.19. The van der Waals surface area contributed by atoms with Crippen molar-refractivity contribution in [1.82, 2.24) is 0 Å². The van der Waals surface area contributed by atoms with Crippen LogP contribution in [0.5, 0.6) is 0 Å². The highest BCUT2D eigenvalue weighted by molar-refractivity contribution is 5.72. The van der Waals surface area contributed by atoms with E-state index in [1.807, 2.05) is 6.08 Å². The molecule has 0 saturated carbocycles. The van der Waals surface area contributed by atoms with Crippen LogP contribution >= 0.6 is 0 Å². The molecule has 0 aromatic carbocycles. The van der Waals surface area contributed by atoms with E-state index >= 15 is 0 Å². The van der Waals surface area contributed by atoms with Crippen LogP contribution in [0.25, 0.3) is 0 Å². The first-order valence-corrected chi connectivity index (χ1v) is 22.6. The summed E-state index contributed by atoms with van der Waals surface area (Å²) >= 11 is 0. The molecule has 54 heavy (non-hydrogen) atoms. The molecule has 6 heteroatoms. The van der Waals surface area contributed by atoms with Crippen LogP contribution in [0, 0.1) is 0 Å². The summed E-state index contributed by atoms with van der Waals surface area (Å²) in [6, 6.07) is 0. The van der Waals surface area contributed by atoms with Crippen molar-refractivity contribution in [3.05, 3.63) is 48.6 Å². The van der Waals surface area contributed by atoms with Crippen molar-refractivity contribution in [3.8, 4) is 0 Å². The lowest BCUT2D eigenvalue weighted by molar-refractivity contribution is -0.166. The standard InChI is InChI=1S/C48H84O6/c1-4-7-10-13-16-19-21-23-24-25-27-29-32-35-38-41-47(50)53-44-45(43-52-46(49)40-37-34-31-28-18-15-12-9-6-3)54-48(51)42-39-36-33-30-26-22-20-17-14-11-8-5-2/h9,12,17-18,20,28,34,37,45H,4-8,10-11,13-16,19,21-27,29-33,35-36,38-44H2,1-3H3/b12-9-,20-17-,28-18-,37-34-. The average molecular weight is 757 g/mol. The Labute approximate surface area is 333 Å². The van der Waals surface area contributed by atoms with Crippen LogP contribution in [0.4, 0.5) is 0 Å². The van der Waals surface area contributed by atoms with Gasteiger partial charge in [0.05, 0.1) is 6.42 Å². The molecule has 0 aliphatic rings. The summed E-state index contributed by atoms with van der Waals surface area (Å²) in [6.45, 7) is 6.39. The molecule has 6 nitrogen and oxygen atoms in total. The van der Waals surface area contributed by atoms with Gasteiger partial charge in [0.1, 0.15) is 13.2 Å². The number of carbonyl (C=O) groups excluding carboxylic acids is 3. The molecule has 0 radical (unpaired) electrons. The van der Waals surface area contributed by atoms with Crippen molar-refractivity contribution in [2.75, 3.05) is 13.2 Å². The molecule has 0 bridgehead atoms. The predicted molar refractivity (Wildman–Crippen MR) is 229 cm³/mol. The maximum atomic E-state index is 12.7. The minimum atomic E-state index is -0.807. The molecule has 0 aromatic heterocycles. The Morgan fingerprint density at radius 3 is 1.31 bits per heavy atom. The molecule has 0 saturated heterocycles. The highest BCUT2D eigenvalue weighted by atomic mass is 16.6. The van der Waals surface area contributed by atoms with Crippen molar-refractivity contribution in [1.29, 1.82) is 0 Å². The number of hydrogen-bond acceptors (Lipinski definition) is 6. The molecule has 0 heterocycles. The van der Waals surface area contributed by atoms with Crippen LogP contribution in [0.2, 0.25) is 0 Å². The van der Waals surface area contributed by atoms with Crippen molar-refractivity contribution < 1.29 is 28.6 Å². The van der Waals surface area contributed by atoms with Crippen LogP contribution in [0.1, 0.15) is 220 Å². The van der Waals surface area contributed by atoms with Gasteiger partial charge in [-0.2, -0.15) is 0 Å². The molecule has 312 valence electrons. The first kappa shape index (κ1) is 51.4. The lowest BCUT2D eigenvalue weighted by Gasteiger charge is -2.18. The van der Waals surface area contributed by atoms with E-state index in [0.29, 0.717) is 12.8 Å². The van der Waals surface area contributed by atoms with E-state index in [0.717, 1.165) is 70.6 Å². The average Bonchev–Trinajstić information content (AvgIpc) is 3.17. The number of ether oxygens (including phenoxy) is 3. The van der Waals surface area contributed by atoms with Gasteiger partial charge >= 0.3 is 17.9 Å². The third-order valence-corrected chi connectivity index (χ3v) is 9.60. The molecule has 0 aliphatic carbocycles. The minimum Gasteiger partial charge on any atom is -0.462 e. The summed E-state index contributed by atoms with van der Waals surface area (Å²) in [5.41, 5.74) is 0. The molecule has 0 spiro atoms.